The van der Waals surface area contributed by atoms with Crippen LogP contribution in [0.2, 0.25) is 5.02 Å². The monoisotopic (exact) mass is 366 g/mol. The molecule has 2 aromatic carbocycles. The lowest BCUT2D eigenvalue weighted by atomic mass is 10.2. The molecule has 1 saturated heterocycles. The van der Waals surface area contributed by atoms with Gasteiger partial charge in [0, 0.05) is 16.5 Å². The number of carbonyl (C=O) groups excluding carboxylic acids is 1. The van der Waals surface area contributed by atoms with Gasteiger partial charge in [-0.15, -0.1) is 23.5 Å². The maximum absolute atomic E-state index is 12.2. The molecule has 0 spiro atoms. The van der Waals surface area contributed by atoms with Crippen molar-refractivity contribution in [2.75, 3.05) is 18.6 Å². The summed E-state index contributed by atoms with van der Waals surface area (Å²) in [5.41, 5.74) is 1.59. The molecule has 0 unspecified atom stereocenters. The number of ether oxygens (including phenoxy) is 2. The van der Waals surface area contributed by atoms with Gasteiger partial charge >= 0.3 is 5.97 Å². The van der Waals surface area contributed by atoms with Crippen LogP contribution in [0.3, 0.4) is 0 Å². The third-order valence-electron chi connectivity index (χ3n) is 3.34. The zero-order chi connectivity index (χ0) is 16.2. The predicted molar refractivity (Wildman–Crippen MR) is 97.1 cm³/mol. The van der Waals surface area contributed by atoms with E-state index in [1.165, 1.54) is 5.56 Å². The Morgan fingerprint density at radius 1 is 1.13 bits per heavy atom. The topological polar surface area (TPSA) is 35.5 Å². The normalized spacial score (nSPS) is 14.7. The summed E-state index contributed by atoms with van der Waals surface area (Å²) in [5.74, 6) is 2.83. The van der Waals surface area contributed by atoms with Gasteiger partial charge in [-0.1, -0.05) is 23.7 Å². The molecule has 0 aliphatic carbocycles. The van der Waals surface area contributed by atoms with Crippen molar-refractivity contribution in [1.29, 1.82) is 0 Å². The number of rotatable bonds is 4. The first-order valence-electron chi connectivity index (χ1n) is 7.06. The SMILES string of the molecule is COc1cc(C2SCCS2)ccc1OC(=O)c1cccc(Cl)c1. The van der Waals surface area contributed by atoms with Gasteiger partial charge in [0.15, 0.2) is 11.5 Å². The zero-order valence-corrected chi connectivity index (χ0v) is 14.8. The molecule has 3 nitrogen and oxygen atoms in total. The van der Waals surface area contributed by atoms with Crippen LogP contribution in [0.4, 0.5) is 0 Å². The maximum atomic E-state index is 12.2. The molecule has 1 fully saturated rings. The second kappa shape index (κ2) is 7.51. The lowest BCUT2D eigenvalue weighted by molar-refractivity contribution is 0.0729. The quantitative estimate of drug-likeness (QED) is 0.559. The van der Waals surface area contributed by atoms with Crippen molar-refractivity contribution in [2.45, 2.75) is 4.58 Å². The Kier molecular flexibility index (Phi) is 5.41. The summed E-state index contributed by atoms with van der Waals surface area (Å²) in [5, 5.41) is 0.497. The van der Waals surface area contributed by atoms with Crippen molar-refractivity contribution in [2.24, 2.45) is 0 Å². The van der Waals surface area contributed by atoms with Crippen LogP contribution in [-0.4, -0.2) is 24.6 Å². The van der Waals surface area contributed by atoms with Gasteiger partial charge in [0.2, 0.25) is 0 Å². The summed E-state index contributed by atoms with van der Waals surface area (Å²) < 4.78 is 11.3. The van der Waals surface area contributed by atoms with E-state index in [1.54, 1.807) is 37.4 Å². The van der Waals surface area contributed by atoms with Crippen molar-refractivity contribution in [1.82, 2.24) is 0 Å². The number of benzene rings is 2. The van der Waals surface area contributed by atoms with E-state index in [-0.39, 0.29) is 0 Å². The first-order chi connectivity index (χ1) is 11.2. The lowest BCUT2D eigenvalue weighted by Crippen LogP contribution is -2.09. The van der Waals surface area contributed by atoms with Crippen LogP contribution in [0.25, 0.3) is 0 Å². The molecule has 1 aliphatic rings. The largest absolute Gasteiger partial charge is 0.493 e. The summed E-state index contributed by atoms with van der Waals surface area (Å²) in [4.78, 5) is 12.2. The van der Waals surface area contributed by atoms with E-state index in [4.69, 9.17) is 21.1 Å². The second-order valence-electron chi connectivity index (χ2n) is 4.88. The van der Waals surface area contributed by atoms with Crippen LogP contribution in [0.1, 0.15) is 20.5 Å². The molecule has 0 bridgehead atoms. The second-order valence-corrected chi connectivity index (χ2v) is 8.04. The third kappa shape index (κ3) is 3.97. The zero-order valence-electron chi connectivity index (χ0n) is 12.5. The minimum Gasteiger partial charge on any atom is -0.493 e. The Labute approximate surface area is 148 Å². The number of halogens is 1. The smallest absolute Gasteiger partial charge is 0.343 e. The Hall–Kier alpha value is -1.30. The predicted octanol–water partition coefficient (Wildman–Crippen LogP) is 5.05. The molecule has 0 saturated carbocycles. The molecule has 0 radical (unpaired) electrons. The van der Waals surface area contributed by atoms with E-state index in [0.717, 1.165) is 11.5 Å². The first kappa shape index (κ1) is 16.6. The van der Waals surface area contributed by atoms with Crippen LogP contribution < -0.4 is 9.47 Å². The van der Waals surface area contributed by atoms with E-state index < -0.39 is 5.97 Å². The number of thioether (sulfide) groups is 2. The summed E-state index contributed by atoms with van der Waals surface area (Å²) in [6, 6.07) is 12.4. The van der Waals surface area contributed by atoms with Gasteiger partial charge in [0.05, 0.1) is 17.3 Å². The third-order valence-corrected chi connectivity index (χ3v) is 6.68. The summed E-state index contributed by atoms with van der Waals surface area (Å²) in [6.45, 7) is 0. The standard InChI is InChI=1S/C17H15ClO3S2/c1-20-15-10-12(17-22-7-8-23-17)5-6-14(15)21-16(19)11-3-2-4-13(18)9-11/h2-6,9-10,17H,7-8H2,1H3. The molecular weight excluding hydrogens is 352 g/mol. The Balaban J connectivity index is 1.80. The van der Waals surface area contributed by atoms with Gasteiger partial charge in [0.1, 0.15) is 0 Å². The summed E-state index contributed by atoms with van der Waals surface area (Å²) in [6.07, 6.45) is 0. The molecule has 2 aromatic rings. The van der Waals surface area contributed by atoms with E-state index >= 15 is 0 Å². The highest BCUT2D eigenvalue weighted by atomic mass is 35.5. The lowest BCUT2D eigenvalue weighted by Gasteiger charge is -2.13. The molecule has 1 heterocycles. The fraction of sp³-hybridized carbons (Fsp3) is 0.235. The van der Waals surface area contributed by atoms with Crippen LogP contribution in [0, 0.1) is 0 Å². The molecule has 1 aliphatic heterocycles. The number of esters is 1. The highest BCUT2D eigenvalue weighted by Crippen LogP contribution is 2.47. The fourth-order valence-electron chi connectivity index (χ4n) is 2.24. The average molecular weight is 367 g/mol. The van der Waals surface area contributed by atoms with Gasteiger partial charge in [-0.25, -0.2) is 4.79 Å². The Morgan fingerprint density at radius 2 is 1.91 bits per heavy atom. The van der Waals surface area contributed by atoms with Crippen molar-refractivity contribution >= 4 is 41.1 Å². The van der Waals surface area contributed by atoms with E-state index in [1.807, 2.05) is 35.7 Å². The molecule has 120 valence electrons. The summed E-state index contributed by atoms with van der Waals surface area (Å²) in [7, 11) is 1.57. The molecule has 0 atom stereocenters. The molecule has 23 heavy (non-hydrogen) atoms. The number of hydrogen-bond donors (Lipinski definition) is 0. The van der Waals surface area contributed by atoms with Gasteiger partial charge in [0.25, 0.3) is 0 Å². The average Bonchev–Trinajstić information content (AvgIpc) is 3.09. The molecule has 3 rings (SSSR count). The van der Waals surface area contributed by atoms with Crippen LogP contribution in [0.15, 0.2) is 42.5 Å². The van der Waals surface area contributed by atoms with Gasteiger partial charge < -0.3 is 9.47 Å². The van der Waals surface area contributed by atoms with Crippen LogP contribution in [-0.2, 0) is 0 Å². The van der Waals surface area contributed by atoms with Crippen LogP contribution >= 0.6 is 35.1 Å². The maximum Gasteiger partial charge on any atom is 0.343 e. The number of hydrogen-bond acceptors (Lipinski definition) is 5. The number of carbonyl (C=O) groups is 1. The van der Waals surface area contributed by atoms with Crippen LogP contribution in [0.5, 0.6) is 11.5 Å². The van der Waals surface area contributed by atoms with Crippen molar-refractivity contribution in [3.8, 4) is 11.5 Å². The van der Waals surface area contributed by atoms with Crippen molar-refractivity contribution in [3.63, 3.8) is 0 Å². The highest BCUT2D eigenvalue weighted by molar-refractivity contribution is 8.19. The van der Waals surface area contributed by atoms with E-state index in [9.17, 15) is 4.79 Å². The van der Waals surface area contributed by atoms with Crippen molar-refractivity contribution in [3.05, 3.63) is 58.6 Å². The first-order valence-corrected chi connectivity index (χ1v) is 9.54. The highest BCUT2D eigenvalue weighted by Gasteiger charge is 2.21. The molecule has 0 aromatic heterocycles. The Morgan fingerprint density at radius 3 is 2.61 bits per heavy atom. The molecule has 0 amide bonds. The minimum atomic E-state index is -0.455. The fourth-order valence-corrected chi connectivity index (χ4v) is 5.27. The van der Waals surface area contributed by atoms with Crippen molar-refractivity contribution < 1.29 is 14.3 Å². The van der Waals surface area contributed by atoms with E-state index in [2.05, 4.69) is 0 Å². The van der Waals surface area contributed by atoms with Gasteiger partial charge in [-0.05, 0) is 35.9 Å². The molecule has 0 N–H and O–H groups in total. The summed E-state index contributed by atoms with van der Waals surface area (Å²) >= 11 is 9.74. The van der Waals surface area contributed by atoms with Gasteiger partial charge in [-0.2, -0.15) is 0 Å². The molecular formula is C17H15ClO3S2. The minimum absolute atomic E-state index is 0.408. The molecule has 6 heteroatoms. The number of methoxy groups -OCH3 is 1. The van der Waals surface area contributed by atoms with E-state index in [0.29, 0.717) is 26.7 Å². The Bertz CT molecular complexity index is 715. The van der Waals surface area contributed by atoms with Gasteiger partial charge in [-0.3, -0.25) is 0 Å².